The molecular formula is C13H17N3O3. The Labute approximate surface area is 110 Å². The van der Waals surface area contributed by atoms with Crippen molar-refractivity contribution >= 4 is 17.0 Å². The van der Waals surface area contributed by atoms with Crippen molar-refractivity contribution in [3.05, 3.63) is 34.3 Å². The Hall–Kier alpha value is -2.08. The molecule has 0 fully saturated rings. The molecule has 0 saturated heterocycles. The van der Waals surface area contributed by atoms with Gasteiger partial charge in [-0.15, -0.1) is 0 Å². The van der Waals surface area contributed by atoms with E-state index in [1.165, 1.54) is 4.57 Å². The third-order valence-corrected chi connectivity index (χ3v) is 3.12. The smallest absolute Gasteiger partial charge is 0.408 e. The first-order valence-corrected chi connectivity index (χ1v) is 6.09. The van der Waals surface area contributed by atoms with E-state index < -0.39 is 5.76 Å². The van der Waals surface area contributed by atoms with Gasteiger partial charge in [0.15, 0.2) is 5.58 Å². The minimum atomic E-state index is -0.395. The van der Waals surface area contributed by atoms with Crippen molar-refractivity contribution in [3.8, 4) is 0 Å². The van der Waals surface area contributed by atoms with Crippen LogP contribution in [-0.2, 0) is 18.4 Å². The third-order valence-electron chi connectivity index (χ3n) is 3.12. The summed E-state index contributed by atoms with van der Waals surface area (Å²) in [6.45, 7) is 2.48. The van der Waals surface area contributed by atoms with Crippen LogP contribution in [0.4, 0.5) is 0 Å². The summed E-state index contributed by atoms with van der Waals surface area (Å²) in [7, 11) is 1.65. The first-order valence-electron chi connectivity index (χ1n) is 6.09. The van der Waals surface area contributed by atoms with E-state index in [1.807, 2.05) is 6.07 Å². The molecule has 1 atom stereocenters. The maximum Gasteiger partial charge on any atom is 0.419 e. The lowest BCUT2D eigenvalue weighted by molar-refractivity contribution is -0.124. The molecule has 102 valence electrons. The maximum absolute atomic E-state index is 11.6. The molecule has 19 heavy (non-hydrogen) atoms. The Balaban J connectivity index is 2.14. The molecule has 2 rings (SSSR count). The first kappa shape index (κ1) is 13.4. The van der Waals surface area contributed by atoms with Gasteiger partial charge in [0.05, 0.1) is 5.52 Å². The summed E-state index contributed by atoms with van der Waals surface area (Å²) in [5, 5.41) is 2.79. The van der Waals surface area contributed by atoms with Gasteiger partial charge in [0.1, 0.15) is 0 Å². The Bertz CT molecular complexity index is 657. The van der Waals surface area contributed by atoms with Gasteiger partial charge in [0.2, 0.25) is 5.91 Å². The second kappa shape index (κ2) is 5.27. The maximum atomic E-state index is 11.6. The minimum Gasteiger partial charge on any atom is -0.408 e. The number of amides is 1. The SMILES string of the molecule is CC(CN)C(=O)NCc1ccc2c(c1)oc(=O)n2C. The molecule has 1 aromatic carbocycles. The van der Waals surface area contributed by atoms with E-state index in [0.717, 1.165) is 11.1 Å². The summed E-state index contributed by atoms with van der Waals surface area (Å²) >= 11 is 0. The van der Waals surface area contributed by atoms with Crippen LogP contribution in [0.5, 0.6) is 0 Å². The van der Waals surface area contributed by atoms with Gasteiger partial charge < -0.3 is 15.5 Å². The molecule has 0 radical (unpaired) electrons. The van der Waals surface area contributed by atoms with Gasteiger partial charge in [-0.1, -0.05) is 13.0 Å². The number of aryl methyl sites for hydroxylation is 1. The molecule has 2 aromatic rings. The molecule has 0 aliphatic heterocycles. The highest BCUT2D eigenvalue weighted by molar-refractivity contribution is 5.79. The second-order valence-electron chi connectivity index (χ2n) is 4.58. The van der Waals surface area contributed by atoms with E-state index in [2.05, 4.69) is 5.32 Å². The highest BCUT2D eigenvalue weighted by atomic mass is 16.4. The molecular weight excluding hydrogens is 246 g/mol. The van der Waals surface area contributed by atoms with Gasteiger partial charge in [-0.25, -0.2) is 4.79 Å². The fraction of sp³-hybridized carbons (Fsp3) is 0.385. The van der Waals surface area contributed by atoms with E-state index in [4.69, 9.17) is 10.2 Å². The molecule has 0 spiro atoms. The first-order chi connectivity index (χ1) is 9.02. The fourth-order valence-electron chi connectivity index (χ4n) is 1.76. The lowest BCUT2D eigenvalue weighted by atomic mass is 10.1. The van der Waals surface area contributed by atoms with Gasteiger partial charge in [-0.3, -0.25) is 9.36 Å². The number of rotatable bonds is 4. The number of hydrogen-bond donors (Lipinski definition) is 2. The van der Waals surface area contributed by atoms with Crippen LogP contribution >= 0.6 is 0 Å². The van der Waals surface area contributed by atoms with Crippen molar-refractivity contribution in [2.75, 3.05) is 6.54 Å². The number of hydrogen-bond acceptors (Lipinski definition) is 4. The molecule has 0 aliphatic carbocycles. The Morgan fingerprint density at radius 3 is 2.95 bits per heavy atom. The molecule has 1 aromatic heterocycles. The molecule has 0 bridgehead atoms. The lowest BCUT2D eigenvalue weighted by Gasteiger charge is -2.09. The van der Waals surface area contributed by atoms with E-state index in [9.17, 15) is 9.59 Å². The summed E-state index contributed by atoms with van der Waals surface area (Å²) in [4.78, 5) is 23.0. The van der Waals surface area contributed by atoms with Crippen LogP contribution in [0.15, 0.2) is 27.4 Å². The van der Waals surface area contributed by atoms with Crippen LogP contribution in [0.3, 0.4) is 0 Å². The van der Waals surface area contributed by atoms with Crippen molar-refractivity contribution in [1.82, 2.24) is 9.88 Å². The second-order valence-corrected chi connectivity index (χ2v) is 4.58. The molecule has 0 saturated carbocycles. The Kier molecular flexibility index (Phi) is 3.71. The summed E-state index contributed by atoms with van der Waals surface area (Å²) in [5.41, 5.74) is 7.55. The molecule has 1 unspecified atom stereocenters. The topological polar surface area (TPSA) is 90.3 Å². The molecule has 6 heteroatoms. The monoisotopic (exact) mass is 263 g/mol. The molecule has 1 heterocycles. The number of fused-ring (bicyclic) bond motifs is 1. The van der Waals surface area contributed by atoms with Crippen LogP contribution in [0, 0.1) is 5.92 Å². The molecule has 3 N–H and O–H groups in total. The van der Waals surface area contributed by atoms with Crippen LogP contribution in [0.1, 0.15) is 12.5 Å². The molecule has 6 nitrogen and oxygen atoms in total. The average molecular weight is 263 g/mol. The van der Waals surface area contributed by atoms with Crippen LogP contribution < -0.4 is 16.8 Å². The minimum absolute atomic E-state index is 0.0860. The van der Waals surface area contributed by atoms with E-state index in [-0.39, 0.29) is 11.8 Å². The van der Waals surface area contributed by atoms with Crippen molar-refractivity contribution in [3.63, 3.8) is 0 Å². The summed E-state index contributed by atoms with van der Waals surface area (Å²) in [6, 6.07) is 5.41. The number of nitrogens with two attached hydrogens (primary N) is 1. The van der Waals surface area contributed by atoms with Crippen molar-refractivity contribution < 1.29 is 9.21 Å². The predicted octanol–water partition coefficient (Wildman–Crippen LogP) is 0.343. The van der Waals surface area contributed by atoms with Crippen LogP contribution in [-0.4, -0.2) is 17.0 Å². The number of nitrogens with zero attached hydrogens (tertiary/aromatic N) is 1. The quantitative estimate of drug-likeness (QED) is 0.832. The average Bonchev–Trinajstić information content (AvgIpc) is 2.70. The largest absolute Gasteiger partial charge is 0.419 e. The number of nitrogens with one attached hydrogen (secondary N) is 1. The molecule has 1 amide bonds. The highest BCUT2D eigenvalue weighted by Crippen LogP contribution is 2.14. The van der Waals surface area contributed by atoms with Gasteiger partial charge in [-0.2, -0.15) is 0 Å². The zero-order valence-corrected chi connectivity index (χ0v) is 11.0. The van der Waals surface area contributed by atoms with Crippen LogP contribution in [0.25, 0.3) is 11.1 Å². The number of oxazole rings is 1. The summed E-state index contributed by atoms with van der Waals surface area (Å²) < 4.78 is 6.53. The summed E-state index contributed by atoms with van der Waals surface area (Å²) in [6.07, 6.45) is 0. The molecule has 0 aliphatic rings. The Morgan fingerprint density at radius 2 is 2.26 bits per heavy atom. The van der Waals surface area contributed by atoms with Gasteiger partial charge in [-0.05, 0) is 17.7 Å². The lowest BCUT2D eigenvalue weighted by Crippen LogP contribution is -2.32. The highest BCUT2D eigenvalue weighted by Gasteiger charge is 2.11. The summed E-state index contributed by atoms with van der Waals surface area (Å²) in [5.74, 6) is -0.691. The number of aromatic nitrogens is 1. The number of carbonyl (C=O) groups excluding carboxylic acids is 1. The normalized spacial score (nSPS) is 12.6. The Morgan fingerprint density at radius 1 is 1.53 bits per heavy atom. The van der Waals surface area contributed by atoms with Crippen molar-refractivity contribution in [1.29, 1.82) is 0 Å². The van der Waals surface area contributed by atoms with E-state index >= 15 is 0 Å². The zero-order valence-electron chi connectivity index (χ0n) is 11.0. The zero-order chi connectivity index (χ0) is 14.0. The standard InChI is InChI=1S/C13H17N3O3/c1-8(6-14)12(17)15-7-9-3-4-10-11(5-9)19-13(18)16(10)2/h3-5,8H,6-7,14H2,1-2H3,(H,15,17). The van der Waals surface area contributed by atoms with Crippen LogP contribution in [0.2, 0.25) is 0 Å². The van der Waals surface area contributed by atoms with Gasteiger partial charge >= 0.3 is 5.76 Å². The van der Waals surface area contributed by atoms with Gasteiger partial charge in [0.25, 0.3) is 0 Å². The van der Waals surface area contributed by atoms with Crippen molar-refractivity contribution in [2.24, 2.45) is 18.7 Å². The number of carbonyl (C=O) groups is 1. The van der Waals surface area contributed by atoms with Gasteiger partial charge in [0, 0.05) is 26.1 Å². The predicted molar refractivity (Wildman–Crippen MR) is 71.5 cm³/mol. The number of benzene rings is 1. The van der Waals surface area contributed by atoms with E-state index in [0.29, 0.717) is 18.7 Å². The third kappa shape index (κ3) is 2.68. The van der Waals surface area contributed by atoms with E-state index in [1.54, 1.807) is 26.1 Å². The fourth-order valence-corrected chi connectivity index (χ4v) is 1.76. The van der Waals surface area contributed by atoms with Crippen molar-refractivity contribution in [2.45, 2.75) is 13.5 Å².